The molecule has 0 spiro atoms. The van der Waals surface area contributed by atoms with E-state index in [1.807, 2.05) is 6.07 Å². The van der Waals surface area contributed by atoms with Crippen LogP contribution in [0.25, 0.3) is 5.69 Å². The van der Waals surface area contributed by atoms with Gasteiger partial charge in [0.15, 0.2) is 0 Å². The Labute approximate surface area is 98.3 Å². The van der Waals surface area contributed by atoms with Gasteiger partial charge in [-0.05, 0) is 12.1 Å². The Morgan fingerprint density at radius 3 is 3.00 bits per heavy atom. The number of aliphatic hydroxyl groups excluding tert-OH is 1. The highest BCUT2D eigenvalue weighted by atomic mass is 16.3. The highest BCUT2D eigenvalue weighted by Crippen LogP contribution is 2.24. The first-order valence-electron chi connectivity index (χ1n) is 5.50. The molecule has 0 aliphatic carbocycles. The van der Waals surface area contributed by atoms with E-state index >= 15 is 0 Å². The fraction of sp³-hybridized carbons (Fsp3) is 0.250. The minimum atomic E-state index is -0.0559. The molecule has 2 aromatic rings. The van der Waals surface area contributed by atoms with E-state index in [-0.39, 0.29) is 12.4 Å². The molecule has 1 aliphatic heterocycles. The number of phenolic OH excluding ortho intramolecular Hbond substituents is 1. The summed E-state index contributed by atoms with van der Waals surface area (Å²) in [6.07, 6.45) is 0. The molecule has 5 nitrogen and oxygen atoms in total. The van der Waals surface area contributed by atoms with Gasteiger partial charge < -0.3 is 15.5 Å². The maximum atomic E-state index is 9.47. The summed E-state index contributed by atoms with van der Waals surface area (Å²) < 4.78 is 1.70. The molecular formula is C12H13N3O2. The highest BCUT2D eigenvalue weighted by Gasteiger charge is 2.21. The van der Waals surface area contributed by atoms with Crippen LogP contribution in [-0.4, -0.2) is 20.0 Å². The molecule has 88 valence electrons. The molecule has 0 amide bonds. The van der Waals surface area contributed by atoms with Crippen LogP contribution in [0.3, 0.4) is 0 Å². The fourth-order valence-electron chi connectivity index (χ4n) is 2.19. The molecule has 1 aromatic carbocycles. The number of phenols is 1. The summed E-state index contributed by atoms with van der Waals surface area (Å²) in [7, 11) is 0. The van der Waals surface area contributed by atoms with E-state index in [1.54, 1.807) is 22.9 Å². The van der Waals surface area contributed by atoms with Gasteiger partial charge in [0.05, 0.1) is 23.7 Å². The predicted molar refractivity (Wildman–Crippen MR) is 61.7 cm³/mol. The number of aromatic hydroxyl groups is 1. The molecular weight excluding hydrogens is 218 g/mol. The lowest BCUT2D eigenvalue weighted by molar-refractivity contribution is 0.271. The lowest BCUT2D eigenvalue weighted by Crippen LogP contribution is -2.09. The van der Waals surface area contributed by atoms with Crippen molar-refractivity contribution < 1.29 is 10.2 Å². The van der Waals surface area contributed by atoms with E-state index in [0.29, 0.717) is 0 Å². The summed E-state index contributed by atoms with van der Waals surface area (Å²) in [5.41, 5.74) is 3.59. The minimum Gasteiger partial charge on any atom is -0.508 e. The number of nitrogens with zero attached hydrogens (tertiary/aromatic N) is 2. The van der Waals surface area contributed by atoms with Crippen LogP contribution in [0.2, 0.25) is 0 Å². The van der Waals surface area contributed by atoms with Crippen LogP contribution < -0.4 is 5.32 Å². The number of hydrogen-bond acceptors (Lipinski definition) is 4. The number of aliphatic hydroxyl groups is 1. The summed E-state index contributed by atoms with van der Waals surface area (Å²) in [5.74, 6) is 0.195. The number of benzene rings is 1. The Morgan fingerprint density at radius 1 is 1.35 bits per heavy atom. The van der Waals surface area contributed by atoms with Gasteiger partial charge in [-0.3, -0.25) is 0 Å². The molecule has 0 saturated carbocycles. The largest absolute Gasteiger partial charge is 0.508 e. The summed E-state index contributed by atoms with van der Waals surface area (Å²) >= 11 is 0. The molecule has 0 bridgehead atoms. The minimum absolute atomic E-state index is 0.0559. The van der Waals surface area contributed by atoms with Gasteiger partial charge in [0.2, 0.25) is 0 Å². The van der Waals surface area contributed by atoms with E-state index < -0.39 is 0 Å². The summed E-state index contributed by atoms with van der Waals surface area (Å²) in [4.78, 5) is 0. The van der Waals surface area contributed by atoms with Crippen LogP contribution in [0.5, 0.6) is 5.75 Å². The van der Waals surface area contributed by atoms with Gasteiger partial charge in [-0.2, -0.15) is 5.10 Å². The van der Waals surface area contributed by atoms with Gasteiger partial charge in [-0.1, -0.05) is 6.07 Å². The Kier molecular flexibility index (Phi) is 2.35. The van der Waals surface area contributed by atoms with Gasteiger partial charge >= 0.3 is 0 Å². The van der Waals surface area contributed by atoms with Crippen molar-refractivity contribution in [2.75, 3.05) is 0 Å². The van der Waals surface area contributed by atoms with Crippen LogP contribution >= 0.6 is 0 Å². The zero-order valence-corrected chi connectivity index (χ0v) is 9.22. The smallest absolute Gasteiger partial charge is 0.117 e. The van der Waals surface area contributed by atoms with E-state index in [1.165, 1.54) is 0 Å². The van der Waals surface area contributed by atoms with Gasteiger partial charge in [-0.25, -0.2) is 4.68 Å². The molecule has 0 radical (unpaired) electrons. The summed E-state index contributed by atoms with van der Waals surface area (Å²) in [5, 5.41) is 26.6. The van der Waals surface area contributed by atoms with E-state index in [4.69, 9.17) is 0 Å². The zero-order valence-electron chi connectivity index (χ0n) is 9.22. The molecule has 3 rings (SSSR count). The monoisotopic (exact) mass is 231 g/mol. The third kappa shape index (κ3) is 1.60. The van der Waals surface area contributed by atoms with Crippen molar-refractivity contribution >= 4 is 0 Å². The number of rotatable bonds is 2. The van der Waals surface area contributed by atoms with E-state index in [9.17, 15) is 10.2 Å². The maximum absolute atomic E-state index is 9.47. The molecule has 2 heterocycles. The van der Waals surface area contributed by atoms with Crippen LogP contribution in [0, 0.1) is 0 Å². The average Bonchev–Trinajstić information content (AvgIpc) is 2.88. The van der Waals surface area contributed by atoms with Crippen LogP contribution in [0.15, 0.2) is 24.3 Å². The van der Waals surface area contributed by atoms with Crippen molar-refractivity contribution in [2.24, 2.45) is 0 Å². The first-order chi connectivity index (χ1) is 8.29. The van der Waals surface area contributed by atoms with Crippen molar-refractivity contribution in [1.82, 2.24) is 15.1 Å². The molecule has 0 fully saturated rings. The predicted octanol–water partition coefficient (Wildman–Crippen LogP) is 0.673. The Balaban J connectivity index is 2.15. The number of aromatic nitrogens is 2. The third-order valence-electron chi connectivity index (χ3n) is 2.99. The summed E-state index contributed by atoms with van der Waals surface area (Å²) in [6, 6.07) is 6.86. The molecule has 1 aliphatic rings. The standard InChI is InChI=1S/C12H13N3O2/c16-7-12-10-5-13-6-11(10)14-15(12)8-2-1-3-9(17)4-8/h1-4,13,16-17H,5-7H2. The number of fused-ring (bicyclic) bond motifs is 1. The van der Waals surface area contributed by atoms with Crippen molar-refractivity contribution in [2.45, 2.75) is 19.7 Å². The van der Waals surface area contributed by atoms with Crippen molar-refractivity contribution in [3.8, 4) is 11.4 Å². The van der Waals surface area contributed by atoms with Gasteiger partial charge in [-0.15, -0.1) is 0 Å². The van der Waals surface area contributed by atoms with E-state index in [0.717, 1.165) is 35.7 Å². The second kappa shape index (κ2) is 3.87. The van der Waals surface area contributed by atoms with Crippen molar-refractivity contribution in [3.05, 3.63) is 41.2 Å². The second-order valence-electron chi connectivity index (χ2n) is 4.07. The first kappa shape index (κ1) is 10.3. The first-order valence-corrected chi connectivity index (χ1v) is 5.50. The fourth-order valence-corrected chi connectivity index (χ4v) is 2.19. The SMILES string of the molecule is OCc1c2c(nn1-c1cccc(O)c1)CNC2. The van der Waals surface area contributed by atoms with Crippen LogP contribution in [-0.2, 0) is 19.7 Å². The number of nitrogens with one attached hydrogen (secondary N) is 1. The van der Waals surface area contributed by atoms with Crippen molar-refractivity contribution in [3.63, 3.8) is 0 Å². The normalized spacial score (nSPS) is 13.9. The van der Waals surface area contributed by atoms with E-state index in [2.05, 4.69) is 10.4 Å². The Morgan fingerprint density at radius 2 is 2.24 bits per heavy atom. The van der Waals surface area contributed by atoms with Gasteiger partial charge in [0.25, 0.3) is 0 Å². The molecule has 0 unspecified atom stereocenters. The molecule has 1 aromatic heterocycles. The Bertz CT molecular complexity index is 563. The number of hydrogen-bond donors (Lipinski definition) is 3. The topological polar surface area (TPSA) is 70.3 Å². The van der Waals surface area contributed by atoms with Gasteiger partial charge in [0.1, 0.15) is 5.75 Å². The third-order valence-corrected chi connectivity index (χ3v) is 2.99. The molecule has 5 heteroatoms. The summed E-state index contributed by atoms with van der Waals surface area (Å²) in [6.45, 7) is 1.41. The van der Waals surface area contributed by atoms with Gasteiger partial charge in [0, 0.05) is 24.7 Å². The van der Waals surface area contributed by atoms with Crippen LogP contribution in [0.4, 0.5) is 0 Å². The van der Waals surface area contributed by atoms with Crippen LogP contribution in [0.1, 0.15) is 17.0 Å². The highest BCUT2D eigenvalue weighted by molar-refractivity contribution is 5.42. The zero-order chi connectivity index (χ0) is 11.8. The van der Waals surface area contributed by atoms with Crippen molar-refractivity contribution in [1.29, 1.82) is 0 Å². The molecule has 17 heavy (non-hydrogen) atoms. The quantitative estimate of drug-likeness (QED) is 0.710. The lowest BCUT2D eigenvalue weighted by atomic mass is 10.2. The molecule has 3 N–H and O–H groups in total. The average molecular weight is 231 g/mol. The molecule has 0 atom stereocenters. The molecule has 0 saturated heterocycles. The second-order valence-corrected chi connectivity index (χ2v) is 4.07. The maximum Gasteiger partial charge on any atom is 0.117 e. The lowest BCUT2D eigenvalue weighted by Gasteiger charge is -2.07. The Hall–Kier alpha value is -1.85.